The predicted octanol–water partition coefficient (Wildman–Crippen LogP) is 1.07. The van der Waals surface area contributed by atoms with Crippen molar-refractivity contribution >= 4 is 17.8 Å². The number of carboxylic acids is 1. The van der Waals surface area contributed by atoms with Gasteiger partial charge in [-0.25, -0.2) is 9.78 Å². The molecule has 0 saturated carbocycles. The molecule has 0 aromatic carbocycles. The van der Waals surface area contributed by atoms with Crippen LogP contribution in [0, 0.1) is 0 Å². The van der Waals surface area contributed by atoms with E-state index in [4.69, 9.17) is 5.11 Å². The van der Waals surface area contributed by atoms with Crippen LogP contribution in [0.3, 0.4) is 0 Å². The molecule has 144 valence electrons. The van der Waals surface area contributed by atoms with Crippen molar-refractivity contribution < 1.29 is 37.4 Å². The van der Waals surface area contributed by atoms with Crippen LogP contribution in [0.4, 0.5) is 13.2 Å². The second kappa shape index (κ2) is 9.02. The molecule has 1 rings (SSSR count). The Morgan fingerprint density at radius 3 is 2.54 bits per heavy atom. The fourth-order valence-corrected chi connectivity index (χ4v) is 1.87. The van der Waals surface area contributed by atoms with Crippen molar-refractivity contribution in [3.63, 3.8) is 0 Å². The van der Waals surface area contributed by atoms with Gasteiger partial charge in [-0.05, 0) is 13.0 Å². The van der Waals surface area contributed by atoms with E-state index in [1.807, 2.05) is 0 Å². The van der Waals surface area contributed by atoms with Gasteiger partial charge in [0.2, 0.25) is 11.8 Å². The number of hydrogen-bond acceptors (Lipinski definition) is 5. The quantitative estimate of drug-likeness (QED) is 0.702. The van der Waals surface area contributed by atoms with Crippen LogP contribution in [-0.4, -0.2) is 64.7 Å². The van der Waals surface area contributed by atoms with Crippen molar-refractivity contribution in [2.75, 3.05) is 19.7 Å². The number of amides is 2. The van der Waals surface area contributed by atoms with Crippen LogP contribution >= 0.6 is 0 Å². The molecule has 1 unspecified atom stereocenters. The van der Waals surface area contributed by atoms with Gasteiger partial charge in [-0.3, -0.25) is 9.59 Å². The molecule has 26 heavy (non-hydrogen) atoms. The zero-order valence-electron chi connectivity index (χ0n) is 14.0. The fraction of sp³-hybridized carbons (Fsp3) is 0.467. The first kappa shape index (κ1) is 21.2. The van der Waals surface area contributed by atoms with Gasteiger partial charge in [0.1, 0.15) is 11.7 Å². The molecular weight excluding hydrogens is 359 g/mol. The molecule has 0 saturated heterocycles. The highest BCUT2D eigenvalue weighted by atomic mass is 19.4. The normalized spacial score (nSPS) is 12.2. The molecule has 0 aliphatic rings. The van der Waals surface area contributed by atoms with Gasteiger partial charge in [-0.2, -0.15) is 13.2 Å². The van der Waals surface area contributed by atoms with E-state index in [2.05, 4.69) is 15.0 Å². The number of ether oxygens (including phenoxy) is 1. The highest BCUT2D eigenvalue weighted by Crippen LogP contribution is 2.18. The van der Waals surface area contributed by atoms with Crippen LogP contribution in [0.1, 0.15) is 24.3 Å². The largest absolute Gasteiger partial charge is 0.480 e. The predicted molar refractivity (Wildman–Crippen MR) is 82.6 cm³/mol. The summed E-state index contributed by atoms with van der Waals surface area (Å²) in [4.78, 5) is 39.3. The maximum absolute atomic E-state index is 12.5. The molecular formula is C15H18F3N3O5. The highest BCUT2D eigenvalue weighted by molar-refractivity contribution is 5.95. The maximum Gasteiger partial charge on any atom is 0.422 e. The summed E-state index contributed by atoms with van der Waals surface area (Å²) >= 11 is 0. The molecule has 0 bridgehead atoms. The van der Waals surface area contributed by atoms with Crippen molar-refractivity contribution in [2.45, 2.75) is 26.1 Å². The van der Waals surface area contributed by atoms with E-state index in [0.29, 0.717) is 0 Å². The summed E-state index contributed by atoms with van der Waals surface area (Å²) in [5, 5.41) is 11.6. The second-order valence-corrected chi connectivity index (χ2v) is 5.26. The third-order valence-electron chi connectivity index (χ3n) is 3.14. The number of alkyl halides is 3. The lowest BCUT2D eigenvalue weighted by atomic mass is 10.2. The smallest absolute Gasteiger partial charge is 0.422 e. The monoisotopic (exact) mass is 377 g/mol. The van der Waals surface area contributed by atoms with Gasteiger partial charge in [0.15, 0.2) is 6.61 Å². The molecule has 0 aliphatic heterocycles. The van der Waals surface area contributed by atoms with Crippen molar-refractivity contribution in [2.24, 2.45) is 0 Å². The minimum Gasteiger partial charge on any atom is -0.480 e. The first-order chi connectivity index (χ1) is 12.0. The molecule has 2 N–H and O–H groups in total. The topological polar surface area (TPSA) is 109 Å². The summed E-state index contributed by atoms with van der Waals surface area (Å²) < 4.78 is 41.1. The fourth-order valence-electron chi connectivity index (χ4n) is 1.87. The minimum absolute atomic E-state index is 0.00293. The Balaban J connectivity index is 2.95. The maximum atomic E-state index is 12.5. The number of rotatable bonds is 8. The van der Waals surface area contributed by atoms with E-state index in [9.17, 15) is 27.6 Å². The van der Waals surface area contributed by atoms with Gasteiger partial charge in [0.05, 0.1) is 0 Å². The van der Waals surface area contributed by atoms with Gasteiger partial charge >= 0.3 is 12.1 Å². The molecule has 1 aromatic rings. The first-order valence-corrected chi connectivity index (χ1v) is 7.46. The van der Waals surface area contributed by atoms with Crippen LogP contribution < -0.4 is 10.1 Å². The van der Waals surface area contributed by atoms with Gasteiger partial charge < -0.3 is 20.1 Å². The lowest BCUT2D eigenvalue weighted by molar-refractivity contribution is -0.154. The number of carbonyl (C=O) groups excluding carboxylic acids is 2. The summed E-state index contributed by atoms with van der Waals surface area (Å²) in [6, 6.07) is 2.40. The Morgan fingerprint density at radius 1 is 1.35 bits per heavy atom. The van der Waals surface area contributed by atoms with Crippen LogP contribution in [0.5, 0.6) is 5.88 Å². The van der Waals surface area contributed by atoms with Crippen LogP contribution in [-0.2, 0) is 9.59 Å². The molecule has 8 nitrogen and oxygen atoms in total. The average Bonchev–Trinajstić information content (AvgIpc) is 2.55. The van der Waals surface area contributed by atoms with E-state index in [-0.39, 0.29) is 24.7 Å². The zero-order valence-corrected chi connectivity index (χ0v) is 14.0. The Bertz CT molecular complexity index is 666. The Morgan fingerprint density at radius 2 is 2.00 bits per heavy atom. The highest BCUT2D eigenvalue weighted by Gasteiger charge is 2.30. The first-order valence-electron chi connectivity index (χ1n) is 7.46. The number of hydrogen-bond donors (Lipinski definition) is 2. The van der Waals surface area contributed by atoms with E-state index < -0.39 is 36.6 Å². The van der Waals surface area contributed by atoms with Crippen LogP contribution in [0.2, 0.25) is 0 Å². The average molecular weight is 377 g/mol. The summed E-state index contributed by atoms with van der Waals surface area (Å²) in [6.07, 6.45) is -4.57. The number of aromatic nitrogens is 1. The summed E-state index contributed by atoms with van der Waals surface area (Å²) in [7, 11) is 0. The lowest BCUT2D eigenvalue weighted by Gasteiger charge is -2.26. The second-order valence-electron chi connectivity index (χ2n) is 5.26. The van der Waals surface area contributed by atoms with Crippen LogP contribution in [0.15, 0.2) is 18.2 Å². The Kier molecular flexibility index (Phi) is 7.35. The zero-order chi connectivity index (χ0) is 19.9. The van der Waals surface area contributed by atoms with Gasteiger partial charge in [0.25, 0.3) is 5.91 Å². The number of nitrogens with one attached hydrogen (secondary N) is 1. The van der Waals surface area contributed by atoms with Crippen molar-refractivity contribution in [1.29, 1.82) is 0 Å². The van der Waals surface area contributed by atoms with Gasteiger partial charge in [-0.1, -0.05) is 6.07 Å². The van der Waals surface area contributed by atoms with E-state index >= 15 is 0 Å². The summed E-state index contributed by atoms with van der Waals surface area (Å²) in [5.41, 5.74) is -0.277. The van der Waals surface area contributed by atoms with E-state index in [1.54, 1.807) is 0 Å². The Hall–Kier alpha value is -2.85. The molecule has 0 aliphatic carbocycles. The number of carbonyl (C=O) groups is 3. The molecule has 1 atom stereocenters. The number of carboxylic acid groups (broad SMARTS) is 1. The lowest BCUT2D eigenvalue weighted by Crippen LogP contribution is -2.47. The molecule has 2 amide bonds. The molecule has 1 aromatic heterocycles. The number of pyridine rings is 1. The molecule has 0 radical (unpaired) electrons. The molecule has 1 heterocycles. The number of nitrogens with zero attached hydrogens (tertiary/aromatic N) is 2. The van der Waals surface area contributed by atoms with Crippen molar-refractivity contribution in [1.82, 2.24) is 15.2 Å². The third-order valence-corrected chi connectivity index (χ3v) is 3.14. The molecule has 0 fully saturated rings. The van der Waals surface area contributed by atoms with Crippen molar-refractivity contribution in [3.05, 3.63) is 23.9 Å². The van der Waals surface area contributed by atoms with Gasteiger partial charge in [0, 0.05) is 26.1 Å². The third kappa shape index (κ3) is 6.95. The number of halogens is 3. The summed E-state index contributed by atoms with van der Waals surface area (Å²) in [6.45, 7) is 0.827. The summed E-state index contributed by atoms with van der Waals surface area (Å²) in [5.74, 6) is -2.88. The van der Waals surface area contributed by atoms with E-state index in [0.717, 1.165) is 11.0 Å². The SMILES string of the molecule is CC(=O)NCCN(C(=O)c1cccc(OCC(F)(F)F)n1)C(C)C(=O)O. The van der Waals surface area contributed by atoms with E-state index in [1.165, 1.54) is 26.0 Å². The minimum atomic E-state index is -4.57. The van der Waals surface area contributed by atoms with Crippen LogP contribution in [0.25, 0.3) is 0 Å². The Labute approximate surface area is 146 Å². The molecule has 0 spiro atoms. The molecule has 11 heteroatoms. The number of aliphatic carboxylic acids is 1. The van der Waals surface area contributed by atoms with Crippen molar-refractivity contribution in [3.8, 4) is 5.88 Å². The standard InChI is InChI=1S/C15H18F3N3O5/c1-9(14(24)25)21(7-6-19-10(2)22)13(23)11-4-3-5-12(20-11)26-8-15(16,17)18/h3-5,9H,6-8H2,1-2H3,(H,19,22)(H,24,25). The van der Waals surface area contributed by atoms with Gasteiger partial charge in [-0.15, -0.1) is 0 Å².